The van der Waals surface area contributed by atoms with Crippen LogP contribution in [0.25, 0.3) is 0 Å². The summed E-state index contributed by atoms with van der Waals surface area (Å²) in [6.07, 6.45) is 12.4. The Kier molecular flexibility index (Phi) is 3.71. The maximum Gasteiger partial charge on any atom is 0.157 e. The highest BCUT2D eigenvalue weighted by atomic mass is 32.2. The number of thioether (sulfide) groups is 1. The summed E-state index contributed by atoms with van der Waals surface area (Å²) in [4.78, 5) is 7.82. The average Bonchev–Trinajstić information content (AvgIpc) is 3.06. The van der Waals surface area contributed by atoms with Crippen LogP contribution < -0.4 is 5.32 Å². The van der Waals surface area contributed by atoms with Crippen LogP contribution in [0.3, 0.4) is 0 Å². The van der Waals surface area contributed by atoms with E-state index < -0.39 is 0 Å². The minimum atomic E-state index is 0.409. The van der Waals surface area contributed by atoms with Crippen LogP contribution in [0.5, 0.6) is 0 Å². The van der Waals surface area contributed by atoms with Crippen molar-refractivity contribution >= 4 is 16.9 Å². The number of nitrogens with zero attached hydrogens (tertiary/aromatic N) is 2. The Labute approximate surface area is 127 Å². The normalized spacial score (nSPS) is 39.1. The van der Waals surface area contributed by atoms with Gasteiger partial charge in [0.1, 0.15) is 0 Å². The second-order valence-corrected chi connectivity index (χ2v) is 8.11. The van der Waals surface area contributed by atoms with E-state index in [2.05, 4.69) is 10.2 Å². The van der Waals surface area contributed by atoms with Gasteiger partial charge in [-0.05, 0) is 38.6 Å². The van der Waals surface area contributed by atoms with Crippen molar-refractivity contribution < 1.29 is 0 Å². The predicted molar refractivity (Wildman–Crippen MR) is 86.5 cm³/mol. The first-order chi connectivity index (χ1) is 9.85. The molecule has 0 aromatic rings. The number of piperidine rings is 1. The molecule has 3 nitrogen and oxygen atoms in total. The molecular weight excluding hydrogens is 266 g/mol. The topological polar surface area (TPSA) is 27.6 Å². The largest absolute Gasteiger partial charge is 0.359 e. The SMILES string of the molecule is C1CCC2(CC1)CSC(=NC1CCN3CCCCC13)N2. The van der Waals surface area contributed by atoms with E-state index >= 15 is 0 Å². The van der Waals surface area contributed by atoms with Gasteiger partial charge in [-0.25, -0.2) is 0 Å². The molecule has 1 N–H and O–H groups in total. The molecule has 3 aliphatic heterocycles. The standard InChI is InChI=1S/C16H27N3S/c1-3-8-16(9-4-1)12-20-15(18-16)17-13-7-11-19-10-5-2-6-14(13)19/h13-14H,1-12H2,(H,17,18). The molecule has 3 heterocycles. The molecule has 0 bridgehead atoms. The van der Waals surface area contributed by atoms with Gasteiger partial charge in [-0.15, -0.1) is 0 Å². The third-order valence-corrected chi connectivity index (χ3v) is 6.95. The van der Waals surface area contributed by atoms with Crippen molar-refractivity contribution in [3.63, 3.8) is 0 Å². The van der Waals surface area contributed by atoms with E-state index in [1.54, 1.807) is 0 Å². The highest BCUT2D eigenvalue weighted by Gasteiger charge is 2.40. The lowest BCUT2D eigenvalue weighted by Gasteiger charge is -2.33. The third-order valence-electron chi connectivity index (χ3n) is 5.77. The van der Waals surface area contributed by atoms with Crippen molar-refractivity contribution in [2.75, 3.05) is 18.8 Å². The first-order valence-corrected chi connectivity index (χ1v) is 9.56. The molecule has 1 saturated carbocycles. The summed E-state index contributed by atoms with van der Waals surface area (Å²) in [6, 6.07) is 1.32. The van der Waals surface area contributed by atoms with Crippen LogP contribution in [0.4, 0.5) is 0 Å². The molecule has 4 rings (SSSR count). The third kappa shape index (κ3) is 2.50. The molecule has 0 radical (unpaired) electrons. The van der Waals surface area contributed by atoms with E-state index in [-0.39, 0.29) is 0 Å². The number of hydrogen-bond acceptors (Lipinski definition) is 3. The van der Waals surface area contributed by atoms with Gasteiger partial charge in [-0.3, -0.25) is 9.89 Å². The number of aliphatic imine (C=N–C) groups is 1. The molecule has 2 atom stereocenters. The van der Waals surface area contributed by atoms with Crippen LogP contribution in [-0.4, -0.2) is 46.5 Å². The zero-order valence-electron chi connectivity index (χ0n) is 12.4. The van der Waals surface area contributed by atoms with Gasteiger partial charge in [-0.1, -0.05) is 37.4 Å². The van der Waals surface area contributed by atoms with E-state index in [0.717, 1.165) is 6.04 Å². The van der Waals surface area contributed by atoms with Crippen LogP contribution in [0.2, 0.25) is 0 Å². The molecule has 0 aromatic heterocycles. The Bertz CT molecular complexity index is 389. The lowest BCUT2D eigenvalue weighted by Crippen LogP contribution is -2.45. The fourth-order valence-corrected chi connectivity index (χ4v) is 5.87. The first kappa shape index (κ1) is 13.4. The van der Waals surface area contributed by atoms with Crippen molar-refractivity contribution in [2.45, 2.75) is 75.4 Å². The fourth-order valence-electron chi connectivity index (χ4n) is 4.59. The highest BCUT2D eigenvalue weighted by molar-refractivity contribution is 8.14. The summed E-state index contributed by atoms with van der Waals surface area (Å²) in [7, 11) is 0. The summed E-state index contributed by atoms with van der Waals surface area (Å²) >= 11 is 1.99. The van der Waals surface area contributed by atoms with Crippen molar-refractivity contribution in [1.29, 1.82) is 0 Å². The minimum absolute atomic E-state index is 0.409. The van der Waals surface area contributed by atoms with Crippen LogP contribution in [-0.2, 0) is 0 Å². The van der Waals surface area contributed by atoms with Gasteiger partial charge in [0.25, 0.3) is 0 Å². The average molecular weight is 293 g/mol. The van der Waals surface area contributed by atoms with Gasteiger partial charge in [0.2, 0.25) is 0 Å². The molecule has 0 amide bonds. The lowest BCUT2D eigenvalue weighted by molar-refractivity contribution is 0.190. The predicted octanol–water partition coefficient (Wildman–Crippen LogP) is 3.01. The van der Waals surface area contributed by atoms with Gasteiger partial charge in [0, 0.05) is 23.9 Å². The van der Waals surface area contributed by atoms with Crippen LogP contribution in [0.1, 0.15) is 57.8 Å². The smallest absolute Gasteiger partial charge is 0.157 e. The zero-order chi connectivity index (χ0) is 13.4. The first-order valence-electron chi connectivity index (χ1n) is 8.58. The van der Waals surface area contributed by atoms with Gasteiger partial charge in [0.05, 0.1) is 6.04 Å². The molecule has 4 heteroatoms. The molecule has 0 aromatic carbocycles. The Balaban J connectivity index is 1.43. The Morgan fingerprint density at radius 1 is 1.05 bits per heavy atom. The molecule has 2 unspecified atom stereocenters. The molecular formula is C16H27N3S. The molecule has 1 spiro atoms. The van der Waals surface area contributed by atoms with Gasteiger partial charge in [-0.2, -0.15) is 0 Å². The Morgan fingerprint density at radius 2 is 1.95 bits per heavy atom. The van der Waals surface area contributed by atoms with E-state index in [0.29, 0.717) is 11.6 Å². The molecule has 3 saturated heterocycles. The second kappa shape index (κ2) is 5.53. The van der Waals surface area contributed by atoms with Gasteiger partial charge in [0.15, 0.2) is 5.17 Å². The summed E-state index contributed by atoms with van der Waals surface area (Å²) in [5.41, 5.74) is 0.409. The van der Waals surface area contributed by atoms with E-state index in [1.165, 1.54) is 81.8 Å². The maximum absolute atomic E-state index is 5.14. The number of nitrogens with one attached hydrogen (secondary N) is 1. The van der Waals surface area contributed by atoms with Crippen molar-refractivity contribution in [3.05, 3.63) is 0 Å². The highest BCUT2D eigenvalue weighted by Crippen LogP contribution is 2.37. The number of hydrogen-bond donors (Lipinski definition) is 1. The Morgan fingerprint density at radius 3 is 2.85 bits per heavy atom. The molecule has 1 aliphatic carbocycles. The number of rotatable bonds is 1. The molecule has 4 aliphatic rings. The molecule has 4 fully saturated rings. The fraction of sp³-hybridized carbons (Fsp3) is 0.938. The summed E-state index contributed by atoms with van der Waals surface area (Å²) in [5.74, 6) is 1.26. The van der Waals surface area contributed by atoms with Crippen molar-refractivity contribution in [3.8, 4) is 0 Å². The van der Waals surface area contributed by atoms with Crippen LogP contribution in [0.15, 0.2) is 4.99 Å². The monoisotopic (exact) mass is 293 g/mol. The van der Waals surface area contributed by atoms with Crippen molar-refractivity contribution in [2.24, 2.45) is 4.99 Å². The number of amidine groups is 1. The summed E-state index contributed by atoms with van der Waals surface area (Å²) in [5, 5.41) is 5.09. The molecule has 112 valence electrons. The van der Waals surface area contributed by atoms with E-state index in [1.807, 2.05) is 11.8 Å². The number of fused-ring (bicyclic) bond motifs is 1. The van der Waals surface area contributed by atoms with Crippen LogP contribution in [0, 0.1) is 0 Å². The van der Waals surface area contributed by atoms with Crippen molar-refractivity contribution in [1.82, 2.24) is 10.2 Å². The van der Waals surface area contributed by atoms with Gasteiger partial charge >= 0.3 is 0 Å². The van der Waals surface area contributed by atoms with E-state index in [9.17, 15) is 0 Å². The Hall–Kier alpha value is -0.220. The summed E-state index contributed by atoms with van der Waals surface area (Å²) in [6.45, 7) is 2.60. The maximum atomic E-state index is 5.14. The zero-order valence-corrected chi connectivity index (χ0v) is 13.3. The van der Waals surface area contributed by atoms with Gasteiger partial charge < -0.3 is 5.32 Å². The lowest BCUT2D eigenvalue weighted by atomic mass is 9.83. The van der Waals surface area contributed by atoms with E-state index in [4.69, 9.17) is 4.99 Å². The quantitative estimate of drug-likeness (QED) is 0.805. The second-order valence-electron chi connectivity index (χ2n) is 7.14. The van der Waals surface area contributed by atoms with Crippen LogP contribution >= 0.6 is 11.8 Å². The minimum Gasteiger partial charge on any atom is -0.359 e. The molecule has 20 heavy (non-hydrogen) atoms. The summed E-state index contributed by atoms with van der Waals surface area (Å²) < 4.78 is 0.